The molecule has 6 heteroatoms. The lowest BCUT2D eigenvalue weighted by atomic mass is 10.1. The van der Waals surface area contributed by atoms with E-state index >= 15 is 0 Å². The molecule has 0 aliphatic heterocycles. The standard InChI is InChI=1S/C20H21N3O2S/c1-14-8-10-17(11-9-14)19-22-23-20(25-19)26-15(2)18(24)21-13-12-16-6-4-3-5-7-16/h3-11,15H,12-13H2,1-2H3,(H,21,24)/t15-/m1/s1. The van der Waals surface area contributed by atoms with Gasteiger partial charge in [-0.15, -0.1) is 10.2 Å². The normalized spacial score (nSPS) is 11.9. The minimum Gasteiger partial charge on any atom is -0.411 e. The Hall–Kier alpha value is -2.60. The first-order valence-corrected chi connectivity index (χ1v) is 9.38. The van der Waals surface area contributed by atoms with Crippen LogP contribution in [0.1, 0.15) is 18.1 Å². The van der Waals surface area contributed by atoms with Crippen molar-refractivity contribution in [2.24, 2.45) is 0 Å². The van der Waals surface area contributed by atoms with Crippen LogP contribution in [0.25, 0.3) is 11.5 Å². The molecule has 5 nitrogen and oxygen atoms in total. The quantitative estimate of drug-likeness (QED) is 0.642. The molecule has 0 unspecified atom stereocenters. The highest BCUT2D eigenvalue weighted by molar-refractivity contribution is 8.00. The molecule has 0 aliphatic carbocycles. The van der Waals surface area contributed by atoms with Gasteiger partial charge in [0.15, 0.2) is 0 Å². The van der Waals surface area contributed by atoms with Gasteiger partial charge in [-0.3, -0.25) is 4.79 Å². The average Bonchev–Trinajstić information content (AvgIpc) is 3.11. The van der Waals surface area contributed by atoms with E-state index in [9.17, 15) is 4.79 Å². The van der Waals surface area contributed by atoms with Crippen LogP contribution in [0.2, 0.25) is 0 Å². The van der Waals surface area contributed by atoms with E-state index in [0.717, 1.165) is 12.0 Å². The van der Waals surface area contributed by atoms with Crippen molar-refractivity contribution in [3.05, 3.63) is 65.7 Å². The number of rotatable bonds is 7. The first kappa shape index (κ1) is 18.2. The summed E-state index contributed by atoms with van der Waals surface area (Å²) in [7, 11) is 0. The van der Waals surface area contributed by atoms with Crippen molar-refractivity contribution < 1.29 is 9.21 Å². The summed E-state index contributed by atoms with van der Waals surface area (Å²) < 4.78 is 5.66. The van der Waals surface area contributed by atoms with Crippen LogP contribution in [0.3, 0.4) is 0 Å². The van der Waals surface area contributed by atoms with Gasteiger partial charge in [-0.25, -0.2) is 0 Å². The molecule has 1 heterocycles. The number of hydrogen-bond donors (Lipinski definition) is 1. The molecule has 3 aromatic rings. The van der Waals surface area contributed by atoms with E-state index in [2.05, 4.69) is 27.6 Å². The lowest BCUT2D eigenvalue weighted by Gasteiger charge is -2.09. The van der Waals surface area contributed by atoms with Gasteiger partial charge in [0.1, 0.15) is 0 Å². The third kappa shape index (κ3) is 4.95. The van der Waals surface area contributed by atoms with Crippen LogP contribution in [-0.4, -0.2) is 27.9 Å². The molecule has 1 N–H and O–H groups in total. The summed E-state index contributed by atoms with van der Waals surface area (Å²) >= 11 is 1.26. The summed E-state index contributed by atoms with van der Waals surface area (Å²) in [6, 6.07) is 18.0. The van der Waals surface area contributed by atoms with Crippen molar-refractivity contribution in [2.75, 3.05) is 6.54 Å². The second-order valence-corrected chi connectivity index (χ2v) is 7.32. The molecule has 1 amide bonds. The maximum atomic E-state index is 12.2. The van der Waals surface area contributed by atoms with Crippen molar-refractivity contribution in [2.45, 2.75) is 30.7 Å². The van der Waals surface area contributed by atoms with Gasteiger partial charge in [-0.1, -0.05) is 59.8 Å². The van der Waals surface area contributed by atoms with E-state index in [1.165, 1.54) is 22.9 Å². The monoisotopic (exact) mass is 367 g/mol. The Morgan fingerprint density at radius 2 is 1.85 bits per heavy atom. The smallest absolute Gasteiger partial charge is 0.277 e. The van der Waals surface area contributed by atoms with Crippen LogP contribution in [0.5, 0.6) is 0 Å². The van der Waals surface area contributed by atoms with E-state index in [1.54, 1.807) is 0 Å². The molecule has 0 spiro atoms. The van der Waals surface area contributed by atoms with Crippen LogP contribution in [0.4, 0.5) is 0 Å². The van der Waals surface area contributed by atoms with Gasteiger partial charge in [-0.2, -0.15) is 0 Å². The first-order chi connectivity index (χ1) is 12.6. The van der Waals surface area contributed by atoms with Crippen molar-refractivity contribution in [3.8, 4) is 11.5 Å². The summed E-state index contributed by atoms with van der Waals surface area (Å²) in [6.07, 6.45) is 0.808. The number of nitrogens with one attached hydrogen (secondary N) is 1. The second kappa shape index (κ2) is 8.67. The van der Waals surface area contributed by atoms with Crippen LogP contribution >= 0.6 is 11.8 Å². The van der Waals surface area contributed by atoms with Crippen LogP contribution < -0.4 is 5.32 Å². The molecular formula is C20H21N3O2S. The highest BCUT2D eigenvalue weighted by Gasteiger charge is 2.18. The van der Waals surface area contributed by atoms with Gasteiger partial charge in [0.25, 0.3) is 5.22 Å². The fourth-order valence-corrected chi connectivity index (χ4v) is 3.10. The minimum atomic E-state index is -0.308. The molecule has 1 atom stereocenters. The molecule has 0 saturated heterocycles. The molecule has 0 bridgehead atoms. The second-order valence-electron chi connectivity index (χ2n) is 6.03. The molecule has 134 valence electrons. The van der Waals surface area contributed by atoms with Gasteiger partial charge >= 0.3 is 0 Å². The summed E-state index contributed by atoms with van der Waals surface area (Å²) in [6.45, 7) is 4.46. The topological polar surface area (TPSA) is 68.0 Å². The maximum Gasteiger partial charge on any atom is 0.277 e. The van der Waals surface area contributed by atoms with Crippen molar-refractivity contribution in [3.63, 3.8) is 0 Å². The predicted octanol–water partition coefficient (Wildman–Crippen LogP) is 3.88. The highest BCUT2D eigenvalue weighted by atomic mass is 32.2. The SMILES string of the molecule is Cc1ccc(-c2nnc(S[C@H](C)C(=O)NCCc3ccccc3)o2)cc1. The summed E-state index contributed by atoms with van der Waals surface area (Å²) in [5, 5.41) is 11.1. The zero-order valence-electron chi connectivity index (χ0n) is 14.8. The molecule has 2 aromatic carbocycles. The van der Waals surface area contributed by atoms with Gasteiger partial charge in [0.2, 0.25) is 11.8 Å². The summed E-state index contributed by atoms with van der Waals surface area (Å²) in [5.74, 6) is 0.421. The number of aromatic nitrogens is 2. The number of aryl methyl sites for hydroxylation is 1. The fraction of sp³-hybridized carbons (Fsp3) is 0.250. The Balaban J connectivity index is 1.50. The van der Waals surface area contributed by atoms with Crippen LogP contribution in [-0.2, 0) is 11.2 Å². The fourth-order valence-electron chi connectivity index (χ4n) is 2.39. The maximum absolute atomic E-state index is 12.2. The van der Waals surface area contributed by atoms with Crippen molar-refractivity contribution in [1.29, 1.82) is 0 Å². The van der Waals surface area contributed by atoms with Gasteiger partial charge in [0, 0.05) is 12.1 Å². The minimum absolute atomic E-state index is 0.0407. The largest absolute Gasteiger partial charge is 0.411 e. The molecule has 3 rings (SSSR count). The lowest BCUT2D eigenvalue weighted by Crippen LogP contribution is -2.32. The van der Waals surface area contributed by atoms with E-state index < -0.39 is 0 Å². The molecule has 1 aromatic heterocycles. The Bertz CT molecular complexity index is 847. The van der Waals surface area contributed by atoms with E-state index in [0.29, 0.717) is 17.7 Å². The number of hydrogen-bond acceptors (Lipinski definition) is 5. The van der Waals surface area contributed by atoms with E-state index in [1.807, 2.05) is 56.3 Å². The zero-order valence-corrected chi connectivity index (χ0v) is 15.6. The highest BCUT2D eigenvalue weighted by Crippen LogP contribution is 2.26. The number of carbonyl (C=O) groups is 1. The first-order valence-electron chi connectivity index (χ1n) is 8.50. The van der Waals surface area contributed by atoms with Crippen LogP contribution in [0.15, 0.2) is 64.2 Å². The molecule has 0 aliphatic rings. The van der Waals surface area contributed by atoms with E-state index in [4.69, 9.17) is 4.42 Å². The average molecular weight is 367 g/mol. The third-order valence-corrected chi connectivity index (χ3v) is 4.84. The Morgan fingerprint density at radius 3 is 2.58 bits per heavy atom. The van der Waals surface area contributed by atoms with Gasteiger partial charge in [0.05, 0.1) is 5.25 Å². The van der Waals surface area contributed by atoms with Gasteiger partial charge < -0.3 is 9.73 Å². The Morgan fingerprint density at radius 1 is 1.12 bits per heavy atom. The number of benzene rings is 2. The van der Waals surface area contributed by atoms with Gasteiger partial charge in [-0.05, 0) is 38.0 Å². The zero-order chi connectivity index (χ0) is 18.4. The van der Waals surface area contributed by atoms with Crippen LogP contribution in [0, 0.1) is 6.92 Å². The number of carbonyl (C=O) groups excluding carboxylic acids is 1. The number of amides is 1. The van der Waals surface area contributed by atoms with Crippen molar-refractivity contribution >= 4 is 17.7 Å². The Kier molecular flexibility index (Phi) is 6.07. The van der Waals surface area contributed by atoms with Crippen molar-refractivity contribution in [1.82, 2.24) is 15.5 Å². The number of nitrogens with zero attached hydrogens (tertiary/aromatic N) is 2. The molecule has 0 saturated carbocycles. The number of thioether (sulfide) groups is 1. The third-order valence-electron chi connectivity index (χ3n) is 3.91. The van der Waals surface area contributed by atoms with E-state index in [-0.39, 0.29) is 11.2 Å². The molecule has 0 radical (unpaired) electrons. The summed E-state index contributed by atoms with van der Waals surface area (Å²) in [5.41, 5.74) is 3.24. The summed E-state index contributed by atoms with van der Waals surface area (Å²) in [4.78, 5) is 12.2. The lowest BCUT2D eigenvalue weighted by molar-refractivity contribution is -0.120. The molecular weight excluding hydrogens is 346 g/mol. The Labute approximate surface area is 157 Å². The predicted molar refractivity (Wildman–Crippen MR) is 103 cm³/mol. The molecule has 0 fully saturated rings. The molecule has 26 heavy (non-hydrogen) atoms.